The lowest BCUT2D eigenvalue weighted by Gasteiger charge is -2.20. The van der Waals surface area contributed by atoms with Crippen LogP contribution >= 0.6 is 0 Å². The molecule has 1 aromatic carbocycles. The van der Waals surface area contributed by atoms with E-state index in [0.717, 1.165) is 4.57 Å². The average molecular weight is 430 g/mol. The number of pyridine rings is 1. The molecule has 2 rings (SSSR count). The second kappa shape index (κ2) is 10.7. The molecule has 0 amide bonds. The number of benzene rings is 1. The molecule has 0 aliphatic carbocycles. The normalized spacial score (nSPS) is 11.9. The Labute approximate surface area is 180 Å². The fourth-order valence-corrected chi connectivity index (χ4v) is 3.16. The van der Waals surface area contributed by atoms with Gasteiger partial charge >= 0.3 is 0 Å². The maximum Gasteiger partial charge on any atom is 0.271 e. The number of carbonyl (C=O) groups excluding carboxylic acids is 1. The zero-order valence-corrected chi connectivity index (χ0v) is 18.1. The van der Waals surface area contributed by atoms with Crippen molar-refractivity contribution in [2.45, 2.75) is 59.3 Å². The van der Waals surface area contributed by atoms with Gasteiger partial charge in [0.05, 0.1) is 11.7 Å². The van der Waals surface area contributed by atoms with Crippen LogP contribution in [0.4, 0.5) is 4.39 Å². The van der Waals surface area contributed by atoms with Gasteiger partial charge in [0, 0.05) is 13.2 Å². The van der Waals surface area contributed by atoms with Gasteiger partial charge in [0.25, 0.3) is 5.56 Å². The van der Waals surface area contributed by atoms with E-state index in [1.54, 1.807) is 6.92 Å². The van der Waals surface area contributed by atoms with Gasteiger partial charge in [-0.15, -0.1) is 0 Å². The van der Waals surface area contributed by atoms with E-state index in [2.05, 4.69) is 0 Å². The van der Waals surface area contributed by atoms with Crippen molar-refractivity contribution in [3.05, 3.63) is 57.1 Å². The third-order valence-electron chi connectivity index (χ3n) is 4.78. The van der Waals surface area contributed by atoms with Crippen LogP contribution in [0.3, 0.4) is 0 Å². The van der Waals surface area contributed by atoms with Crippen LogP contribution in [-0.2, 0) is 11.3 Å². The fraction of sp³-hybridized carbons (Fsp3) is 0.435. The first-order valence-corrected chi connectivity index (χ1v) is 10.2. The Morgan fingerprint density at radius 2 is 1.94 bits per heavy atom. The summed E-state index contributed by atoms with van der Waals surface area (Å²) in [4.78, 5) is 25.9. The maximum absolute atomic E-state index is 13.2. The van der Waals surface area contributed by atoms with Crippen molar-refractivity contribution >= 4 is 5.78 Å². The lowest BCUT2D eigenvalue weighted by molar-refractivity contribution is 0.0742. The number of aromatic nitrogens is 1. The van der Waals surface area contributed by atoms with E-state index in [1.807, 2.05) is 19.9 Å². The van der Waals surface area contributed by atoms with Gasteiger partial charge in [-0.3, -0.25) is 14.2 Å². The van der Waals surface area contributed by atoms with Gasteiger partial charge < -0.3 is 14.6 Å². The van der Waals surface area contributed by atoms with Crippen molar-refractivity contribution in [1.82, 2.24) is 4.57 Å². The first-order valence-electron chi connectivity index (χ1n) is 10.2. The molecule has 0 aliphatic rings. The average Bonchev–Trinajstić information content (AvgIpc) is 2.72. The zero-order valence-electron chi connectivity index (χ0n) is 18.1. The summed E-state index contributed by atoms with van der Waals surface area (Å²) in [5.74, 6) is -1.21. The number of aromatic hydroxyl groups is 1. The van der Waals surface area contributed by atoms with Crippen LogP contribution in [0.25, 0.3) is 0 Å². The molecule has 0 saturated heterocycles. The SMILES string of the molecule is CCC(Oc1ccc(F)cc1)C(=O)c1c(C)c(C#N)c(=O)n(CCCOC(C)C)c1O. The molecular formula is C23H27FN2O5. The van der Waals surface area contributed by atoms with E-state index in [9.17, 15) is 24.3 Å². The quantitative estimate of drug-likeness (QED) is 0.455. The number of ketones is 1. The summed E-state index contributed by atoms with van der Waals surface area (Å²) in [7, 11) is 0. The van der Waals surface area contributed by atoms with Gasteiger partial charge in [-0.1, -0.05) is 6.92 Å². The Morgan fingerprint density at radius 1 is 1.29 bits per heavy atom. The van der Waals surface area contributed by atoms with Gasteiger partial charge in [0.15, 0.2) is 6.10 Å². The van der Waals surface area contributed by atoms with Crippen molar-refractivity contribution in [3.8, 4) is 17.7 Å². The molecule has 0 fully saturated rings. The summed E-state index contributed by atoms with van der Waals surface area (Å²) >= 11 is 0. The molecule has 1 unspecified atom stereocenters. The van der Waals surface area contributed by atoms with Crippen LogP contribution in [0.1, 0.15) is 55.1 Å². The van der Waals surface area contributed by atoms with Crippen LogP contribution in [-0.4, -0.2) is 34.3 Å². The van der Waals surface area contributed by atoms with E-state index < -0.39 is 29.1 Å². The molecule has 31 heavy (non-hydrogen) atoms. The third kappa shape index (κ3) is 5.70. The van der Waals surface area contributed by atoms with Gasteiger partial charge in [-0.2, -0.15) is 5.26 Å². The molecule has 1 aromatic heterocycles. The molecule has 0 spiro atoms. The molecule has 0 bridgehead atoms. The lowest BCUT2D eigenvalue weighted by atomic mass is 9.97. The topological polar surface area (TPSA) is 102 Å². The predicted molar refractivity (Wildman–Crippen MR) is 113 cm³/mol. The summed E-state index contributed by atoms with van der Waals surface area (Å²) in [6.07, 6.45) is -0.296. The molecule has 1 heterocycles. The summed E-state index contributed by atoms with van der Waals surface area (Å²) in [5.41, 5.74) is -0.894. The number of carbonyl (C=O) groups is 1. The highest BCUT2D eigenvalue weighted by molar-refractivity contribution is 6.03. The molecule has 8 heteroatoms. The standard InChI is InChI=1S/C23H27FN2O5/c1-5-19(31-17-9-7-16(24)8-10-17)21(27)20-15(4)18(13-25)22(28)26(23(20)29)11-6-12-30-14(2)3/h7-10,14,19,29H,5-6,11-12H2,1-4H3. The molecule has 1 N–H and O–H groups in total. The predicted octanol–water partition coefficient (Wildman–Crippen LogP) is 3.73. The largest absolute Gasteiger partial charge is 0.494 e. The van der Waals surface area contributed by atoms with Gasteiger partial charge in [0.2, 0.25) is 11.7 Å². The Balaban J connectivity index is 2.41. The number of nitriles is 1. The molecule has 7 nitrogen and oxygen atoms in total. The summed E-state index contributed by atoms with van der Waals surface area (Å²) in [6.45, 7) is 7.38. The van der Waals surface area contributed by atoms with Crippen LogP contribution in [0.5, 0.6) is 11.6 Å². The monoisotopic (exact) mass is 430 g/mol. The number of ether oxygens (including phenoxy) is 2. The van der Waals surface area contributed by atoms with Crippen LogP contribution < -0.4 is 10.3 Å². The minimum atomic E-state index is -0.989. The Kier molecular flexibility index (Phi) is 8.34. The van der Waals surface area contributed by atoms with Crippen molar-refractivity contribution in [2.75, 3.05) is 6.61 Å². The zero-order chi connectivity index (χ0) is 23.1. The Morgan fingerprint density at radius 3 is 2.48 bits per heavy atom. The van der Waals surface area contributed by atoms with E-state index in [0.29, 0.717) is 18.8 Å². The molecule has 166 valence electrons. The number of hydrogen-bond donors (Lipinski definition) is 1. The highest BCUT2D eigenvalue weighted by atomic mass is 19.1. The van der Waals surface area contributed by atoms with Crippen molar-refractivity contribution in [2.24, 2.45) is 0 Å². The molecule has 2 aromatic rings. The Hall–Kier alpha value is -3.18. The molecule has 0 radical (unpaired) electrons. The first-order chi connectivity index (χ1) is 14.7. The molecular weight excluding hydrogens is 403 g/mol. The van der Waals surface area contributed by atoms with Crippen LogP contribution in [0.15, 0.2) is 29.1 Å². The van der Waals surface area contributed by atoms with Crippen molar-refractivity contribution in [3.63, 3.8) is 0 Å². The van der Waals surface area contributed by atoms with Crippen LogP contribution in [0, 0.1) is 24.1 Å². The van der Waals surface area contributed by atoms with Crippen LogP contribution in [0.2, 0.25) is 0 Å². The molecule has 0 saturated carbocycles. The highest BCUT2D eigenvalue weighted by Crippen LogP contribution is 2.26. The van der Waals surface area contributed by atoms with Gasteiger partial charge in [0.1, 0.15) is 23.2 Å². The number of Topliss-reactive ketones (excluding diaryl/α,β-unsaturated/α-hetero) is 1. The summed E-state index contributed by atoms with van der Waals surface area (Å²) in [5, 5.41) is 20.3. The lowest BCUT2D eigenvalue weighted by Crippen LogP contribution is -2.32. The molecule has 1 atom stereocenters. The minimum absolute atomic E-state index is 0.0177. The first kappa shape index (κ1) is 24.1. The van der Waals surface area contributed by atoms with E-state index >= 15 is 0 Å². The Bertz CT molecular complexity index is 1020. The number of nitrogens with zero attached hydrogens (tertiary/aromatic N) is 2. The number of halogens is 1. The fourth-order valence-electron chi connectivity index (χ4n) is 3.16. The van der Waals surface area contributed by atoms with E-state index in [-0.39, 0.29) is 35.8 Å². The molecule has 0 aliphatic heterocycles. The van der Waals surface area contributed by atoms with E-state index in [4.69, 9.17) is 9.47 Å². The maximum atomic E-state index is 13.2. The third-order valence-corrected chi connectivity index (χ3v) is 4.78. The number of hydrogen-bond acceptors (Lipinski definition) is 6. The van der Waals surface area contributed by atoms with E-state index in [1.165, 1.54) is 31.2 Å². The van der Waals surface area contributed by atoms with Gasteiger partial charge in [-0.05, 0) is 63.4 Å². The smallest absolute Gasteiger partial charge is 0.271 e. The van der Waals surface area contributed by atoms with Gasteiger partial charge in [-0.25, -0.2) is 4.39 Å². The minimum Gasteiger partial charge on any atom is -0.494 e. The summed E-state index contributed by atoms with van der Waals surface area (Å²) < 4.78 is 25.3. The highest BCUT2D eigenvalue weighted by Gasteiger charge is 2.29. The van der Waals surface area contributed by atoms with Crippen molar-refractivity contribution < 1.29 is 23.8 Å². The van der Waals surface area contributed by atoms with Crippen molar-refractivity contribution in [1.29, 1.82) is 5.26 Å². The summed E-state index contributed by atoms with van der Waals surface area (Å²) in [6, 6.07) is 7.05. The number of rotatable bonds is 10. The second-order valence-electron chi connectivity index (χ2n) is 7.37. The second-order valence-corrected chi connectivity index (χ2v) is 7.37.